The summed E-state index contributed by atoms with van der Waals surface area (Å²) in [6.45, 7) is 4.38. The molecule has 0 fully saturated rings. The van der Waals surface area contributed by atoms with E-state index in [1.807, 2.05) is 18.2 Å². The fourth-order valence-electron chi connectivity index (χ4n) is 3.11. The van der Waals surface area contributed by atoms with Crippen molar-refractivity contribution in [3.63, 3.8) is 0 Å². The van der Waals surface area contributed by atoms with Crippen LogP contribution in [0, 0.1) is 0 Å². The summed E-state index contributed by atoms with van der Waals surface area (Å²) in [7, 11) is 0. The lowest BCUT2D eigenvalue weighted by Gasteiger charge is -2.13. The zero-order valence-electron chi connectivity index (χ0n) is 15.4. The molecule has 2 heterocycles. The number of hydrogen-bond donors (Lipinski definition) is 0. The number of nitrogens with zero attached hydrogens (tertiary/aromatic N) is 3. The lowest BCUT2D eigenvalue weighted by molar-refractivity contribution is 0.591. The summed E-state index contributed by atoms with van der Waals surface area (Å²) in [6.07, 6.45) is 3.56. The van der Waals surface area contributed by atoms with Crippen LogP contribution >= 0.6 is 11.3 Å². The van der Waals surface area contributed by atoms with Gasteiger partial charge >= 0.3 is 0 Å². The van der Waals surface area contributed by atoms with E-state index in [-0.39, 0.29) is 0 Å². The highest BCUT2D eigenvalue weighted by molar-refractivity contribution is 7.07. The number of aromatic nitrogens is 2. The number of rotatable bonds is 4. The first-order chi connectivity index (χ1) is 13.2. The Labute approximate surface area is 163 Å². The summed E-state index contributed by atoms with van der Waals surface area (Å²) in [5, 5.41) is 2.19. The molecule has 0 atom stereocenters. The minimum atomic E-state index is 0.315. The highest BCUT2D eigenvalue weighted by atomic mass is 32.1. The number of benzene rings is 2. The van der Waals surface area contributed by atoms with Gasteiger partial charge in [-0.1, -0.05) is 54.6 Å². The minimum Gasteiger partial charge on any atom is -0.314 e. The van der Waals surface area contributed by atoms with Crippen molar-refractivity contribution >= 4 is 17.0 Å². The fourth-order valence-corrected chi connectivity index (χ4v) is 4.15. The molecule has 4 heteroatoms. The number of pyridine rings is 1. The van der Waals surface area contributed by atoms with Gasteiger partial charge in [0.05, 0.1) is 17.6 Å². The van der Waals surface area contributed by atoms with E-state index in [0.29, 0.717) is 6.04 Å². The molecule has 4 aromatic rings. The zero-order chi connectivity index (χ0) is 18.6. The Morgan fingerprint density at radius 2 is 1.56 bits per heavy atom. The Bertz CT molecular complexity index is 1080. The molecule has 4 rings (SSSR count). The first kappa shape index (κ1) is 17.4. The second-order valence-electron chi connectivity index (χ2n) is 6.63. The van der Waals surface area contributed by atoms with Crippen molar-refractivity contribution in [3.05, 3.63) is 89.3 Å². The van der Waals surface area contributed by atoms with Crippen LogP contribution in [0.4, 0.5) is 5.69 Å². The molecule has 27 heavy (non-hydrogen) atoms. The molecule has 2 aromatic carbocycles. The van der Waals surface area contributed by atoms with Crippen molar-refractivity contribution in [1.82, 2.24) is 9.55 Å². The molecule has 0 bridgehead atoms. The van der Waals surface area contributed by atoms with Crippen LogP contribution in [0.1, 0.15) is 19.9 Å². The van der Waals surface area contributed by atoms with Gasteiger partial charge in [0.15, 0.2) is 4.80 Å². The first-order valence-electron chi connectivity index (χ1n) is 9.03. The van der Waals surface area contributed by atoms with E-state index in [0.717, 1.165) is 10.5 Å². The van der Waals surface area contributed by atoms with Crippen molar-refractivity contribution in [3.8, 4) is 22.4 Å². The van der Waals surface area contributed by atoms with Crippen LogP contribution in [0.15, 0.2) is 89.5 Å². The van der Waals surface area contributed by atoms with Gasteiger partial charge in [0.1, 0.15) is 0 Å². The highest BCUT2D eigenvalue weighted by Crippen LogP contribution is 2.27. The topological polar surface area (TPSA) is 30.2 Å². The number of thiazole rings is 1. The second-order valence-corrected chi connectivity index (χ2v) is 7.47. The normalized spacial score (nSPS) is 11.9. The van der Waals surface area contributed by atoms with Gasteiger partial charge in [0.25, 0.3) is 0 Å². The molecular formula is C23H21N3S. The van der Waals surface area contributed by atoms with Gasteiger partial charge in [0, 0.05) is 17.6 Å². The maximum Gasteiger partial charge on any atom is 0.190 e. The van der Waals surface area contributed by atoms with Gasteiger partial charge in [-0.25, -0.2) is 4.99 Å². The number of hydrogen-bond acceptors (Lipinski definition) is 3. The molecule has 0 saturated carbocycles. The monoisotopic (exact) mass is 371 g/mol. The molecule has 0 aliphatic rings. The van der Waals surface area contributed by atoms with Crippen LogP contribution in [0.3, 0.4) is 0 Å². The Kier molecular flexibility index (Phi) is 4.99. The molecule has 0 spiro atoms. The summed E-state index contributed by atoms with van der Waals surface area (Å²) in [6, 6.07) is 23.4. The third-order valence-electron chi connectivity index (χ3n) is 4.42. The first-order valence-corrected chi connectivity index (χ1v) is 9.91. The van der Waals surface area contributed by atoms with Crippen molar-refractivity contribution in [1.29, 1.82) is 0 Å². The van der Waals surface area contributed by atoms with E-state index in [1.54, 1.807) is 23.7 Å². The van der Waals surface area contributed by atoms with Gasteiger partial charge in [-0.15, -0.1) is 11.3 Å². The summed E-state index contributed by atoms with van der Waals surface area (Å²) >= 11 is 1.66. The molecule has 0 radical (unpaired) electrons. The third kappa shape index (κ3) is 3.76. The van der Waals surface area contributed by atoms with Crippen LogP contribution in [-0.2, 0) is 0 Å². The molecule has 134 valence electrons. The summed E-state index contributed by atoms with van der Waals surface area (Å²) in [5.41, 5.74) is 5.73. The van der Waals surface area contributed by atoms with Gasteiger partial charge in [-0.2, -0.15) is 0 Å². The molecule has 0 saturated heterocycles. The summed E-state index contributed by atoms with van der Waals surface area (Å²) < 4.78 is 2.29. The predicted octanol–water partition coefficient (Wildman–Crippen LogP) is 6.09. The lowest BCUT2D eigenvalue weighted by atomic mass is 10.0. The Morgan fingerprint density at radius 3 is 2.22 bits per heavy atom. The Morgan fingerprint density at radius 1 is 0.852 bits per heavy atom. The van der Waals surface area contributed by atoms with Crippen molar-refractivity contribution < 1.29 is 0 Å². The Hall–Kier alpha value is -2.98. The van der Waals surface area contributed by atoms with Crippen molar-refractivity contribution in [2.45, 2.75) is 19.9 Å². The van der Waals surface area contributed by atoms with Gasteiger partial charge in [-0.3, -0.25) is 4.98 Å². The van der Waals surface area contributed by atoms with E-state index < -0.39 is 0 Å². The predicted molar refractivity (Wildman–Crippen MR) is 113 cm³/mol. The van der Waals surface area contributed by atoms with Crippen molar-refractivity contribution in [2.24, 2.45) is 4.99 Å². The maximum absolute atomic E-state index is 4.79. The second kappa shape index (κ2) is 7.72. The highest BCUT2D eigenvalue weighted by Gasteiger charge is 2.11. The van der Waals surface area contributed by atoms with Gasteiger partial charge in [0.2, 0.25) is 0 Å². The van der Waals surface area contributed by atoms with Crippen LogP contribution in [-0.4, -0.2) is 9.55 Å². The Balaban J connectivity index is 1.75. The maximum atomic E-state index is 4.79. The van der Waals surface area contributed by atoms with E-state index >= 15 is 0 Å². The molecule has 2 aromatic heterocycles. The van der Waals surface area contributed by atoms with E-state index in [9.17, 15) is 0 Å². The van der Waals surface area contributed by atoms with E-state index in [4.69, 9.17) is 4.99 Å². The molecule has 0 aliphatic heterocycles. The minimum absolute atomic E-state index is 0.315. The van der Waals surface area contributed by atoms with Crippen molar-refractivity contribution in [2.75, 3.05) is 0 Å². The fraction of sp³-hybridized carbons (Fsp3) is 0.130. The van der Waals surface area contributed by atoms with Crippen LogP contribution < -0.4 is 4.80 Å². The molecule has 0 aliphatic carbocycles. The van der Waals surface area contributed by atoms with E-state index in [1.165, 1.54) is 22.4 Å². The average molecular weight is 372 g/mol. The lowest BCUT2D eigenvalue weighted by Crippen LogP contribution is -2.17. The van der Waals surface area contributed by atoms with Crippen LogP contribution in [0.5, 0.6) is 0 Å². The standard InChI is InChI=1S/C23H21N3S/c1-17(2)26-22(16-27-23(26)25-21-9-6-14-24-15-21)20-12-10-19(11-13-20)18-7-4-3-5-8-18/h3-17H,1-2H3. The van der Waals surface area contributed by atoms with Crippen LogP contribution in [0.25, 0.3) is 22.4 Å². The largest absolute Gasteiger partial charge is 0.314 e. The molecule has 0 N–H and O–H groups in total. The molecule has 0 amide bonds. The average Bonchev–Trinajstić information content (AvgIpc) is 3.13. The van der Waals surface area contributed by atoms with E-state index in [2.05, 4.69) is 77.3 Å². The molecular weight excluding hydrogens is 350 g/mol. The smallest absolute Gasteiger partial charge is 0.190 e. The van der Waals surface area contributed by atoms with Gasteiger partial charge < -0.3 is 4.57 Å². The van der Waals surface area contributed by atoms with Gasteiger partial charge in [-0.05, 0) is 42.7 Å². The quantitative estimate of drug-likeness (QED) is 0.427. The third-order valence-corrected chi connectivity index (χ3v) is 5.26. The van der Waals surface area contributed by atoms with Crippen LogP contribution in [0.2, 0.25) is 0 Å². The summed E-state index contributed by atoms with van der Waals surface area (Å²) in [5.74, 6) is 0. The SMILES string of the molecule is CC(C)n1c(-c2ccc(-c3ccccc3)cc2)csc1=Nc1cccnc1. The molecule has 0 unspecified atom stereocenters. The zero-order valence-corrected chi connectivity index (χ0v) is 16.2. The molecule has 3 nitrogen and oxygen atoms in total. The summed E-state index contributed by atoms with van der Waals surface area (Å²) in [4.78, 5) is 9.94.